The van der Waals surface area contributed by atoms with E-state index in [2.05, 4.69) is 291 Å². The van der Waals surface area contributed by atoms with E-state index in [1.165, 1.54) is 5.56 Å². The molecule has 12 rings (SSSR count). The average molecular weight is 970 g/mol. The van der Waals surface area contributed by atoms with Crippen molar-refractivity contribution in [1.82, 2.24) is 0 Å². The van der Waals surface area contributed by atoms with Gasteiger partial charge in [-0.1, -0.05) is 152 Å². The molecule has 0 atom stereocenters. The highest BCUT2D eigenvalue weighted by Gasteiger charge is 2.28. The summed E-state index contributed by atoms with van der Waals surface area (Å²) in [4.78, 5) is 12.0. The summed E-state index contributed by atoms with van der Waals surface area (Å²) in [6.07, 6.45) is 1.84. The Labute approximate surface area is 440 Å². The molecule has 0 saturated heterocycles. The molecule has 1 heterocycles. The third-order valence-electron chi connectivity index (χ3n) is 13.7. The molecule has 11 aromatic carbocycles. The fourth-order valence-electron chi connectivity index (χ4n) is 10.4. The fourth-order valence-corrected chi connectivity index (χ4v) is 10.4. The maximum atomic E-state index is 6.76. The first-order valence-corrected chi connectivity index (χ1v) is 25.7. The van der Waals surface area contributed by atoms with Gasteiger partial charge in [0.15, 0.2) is 0 Å². The molecule has 0 aromatic heterocycles. The minimum absolute atomic E-state index is 0.756. The maximum absolute atomic E-state index is 6.76. The number of ether oxygens (including phenoxy) is 1. The average Bonchev–Trinajstić information content (AvgIpc) is 3.48. The zero-order chi connectivity index (χ0) is 50.2. The molecule has 0 spiro atoms. The summed E-state index contributed by atoms with van der Waals surface area (Å²) in [7, 11) is 0. The van der Waals surface area contributed by atoms with E-state index in [1.54, 1.807) is 0 Å². The number of hydrogen-bond acceptors (Lipinski definition) is 6. The van der Waals surface area contributed by atoms with E-state index in [1.807, 2.05) is 30.3 Å². The van der Waals surface area contributed by atoms with Crippen LogP contribution in [0.5, 0.6) is 11.5 Å². The Morgan fingerprint density at radius 3 is 1.03 bits per heavy atom. The van der Waals surface area contributed by atoms with Gasteiger partial charge in [0.25, 0.3) is 0 Å². The zero-order valence-corrected chi connectivity index (χ0v) is 41.6. The van der Waals surface area contributed by atoms with E-state index in [4.69, 9.17) is 4.74 Å². The molecular formula is C69H55N5O. The predicted octanol–water partition coefficient (Wildman–Crippen LogP) is 19.4. The van der Waals surface area contributed by atoms with Crippen molar-refractivity contribution in [2.45, 2.75) is 12.8 Å². The first kappa shape index (κ1) is 46.3. The van der Waals surface area contributed by atoms with Gasteiger partial charge in [-0.15, -0.1) is 0 Å². The number of nitrogens with zero attached hydrogens (tertiary/aromatic N) is 5. The summed E-state index contributed by atoms with van der Waals surface area (Å²) in [6, 6.07) is 105. The van der Waals surface area contributed by atoms with Crippen LogP contribution in [0, 0.1) is 0 Å². The lowest BCUT2D eigenvalue weighted by molar-refractivity contribution is 0.483. The first-order valence-electron chi connectivity index (χ1n) is 25.7. The maximum Gasteiger partial charge on any atom is 0.131 e. The van der Waals surface area contributed by atoms with Crippen molar-refractivity contribution in [3.8, 4) is 11.5 Å². The third kappa shape index (κ3) is 9.93. The third-order valence-corrected chi connectivity index (χ3v) is 13.7. The van der Waals surface area contributed by atoms with Gasteiger partial charge in [-0.3, -0.25) is 0 Å². The summed E-state index contributed by atoms with van der Waals surface area (Å²) in [5.41, 5.74) is 16.1. The number of fused-ring (bicyclic) bond motifs is 1. The molecule has 0 saturated carbocycles. The summed E-state index contributed by atoms with van der Waals surface area (Å²) >= 11 is 0. The smallest absolute Gasteiger partial charge is 0.131 e. The van der Waals surface area contributed by atoms with Gasteiger partial charge in [0.2, 0.25) is 0 Å². The molecule has 0 aliphatic carbocycles. The molecule has 75 heavy (non-hydrogen) atoms. The number of para-hydroxylation sites is 8. The van der Waals surface area contributed by atoms with Crippen molar-refractivity contribution in [2.24, 2.45) is 0 Å². The predicted molar refractivity (Wildman–Crippen MR) is 313 cm³/mol. The molecule has 0 amide bonds. The second-order valence-corrected chi connectivity index (χ2v) is 18.5. The molecule has 0 N–H and O–H groups in total. The van der Waals surface area contributed by atoms with E-state index in [9.17, 15) is 0 Å². The standard InChI is InChI=1S/C69H55N5O/c1-9-27-53(28-10-1)71(54-29-11-2-12-30-54)61-48-62(72(55-31-13-3-14-32-55)56-33-15-4-16-34-56)50-63(49-61)74(59-39-21-7-22-40-59)69-45-25-44-68-67(69)43-26-46-70(68)60-47-64(52-66(51-60)75-65-41-23-8-24-42-65)73(57-35-17-5-18-36-57)58-37-19-6-20-38-58/h1-25,27-42,44-45,47-52H,26,43,46H2. The monoisotopic (exact) mass is 969 g/mol. The molecule has 0 fully saturated rings. The molecule has 362 valence electrons. The highest BCUT2D eigenvalue weighted by Crippen LogP contribution is 2.50. The number of hydrogen-bond donors (Lipinski definition) is 0. The van der Waals surface area contributed by atoms with Gasteiger partial charge >= 0.3 is 0 Å². The van der Waals surface area contributed by atoms with Crippen LogP contribution in [0.1, 0.15) is 12.0 Å². The Hall–Kier alpha value is -9.78. The van der Waals surface area contributed by atoms with Crippen LogP contribution in [-0.4, -0.2) is 6.54 Å². The molecule has 6 nitrogen and oxygen atoms in total. The minimum Gasteiger partial charge on any atom is -0.457 e. The van der Waals surface area contributed by atoms with Crippen molar-refractivity contribution < 1.29 is 4.74 Å². The van der Waals surface area contributed by atoms with Crippen LogP contribution in [0.15, 0.2) is 297 Å². The molecule has 0 bridgehead atoms. The topological polar surface area (TPSA) is 25.4 Å². The van der Waals surface area contributed by atoms with Gasteiger partial charge in [0.1, 0.15) is 11.5 Å². The number of anilines is 14. The van der Waals surface area contributed by atoms with Crippen molar-refractivity contribution in [3.63, 3.8) is 0 Å². The summed E-state index contributed by atoms with van der Waals surface area (Å²) in [5.74, 6) is 1.54. The van der Waals surface area contributed by atoms with Crippen LogP contribution < -0.4 is 29.2 Å². The number of rotatable bonds is 15. The fraction of sp³-hybridized carbons (Fsp3) is 0.0435. The highest BCUT2D eigenvalue weighted by molar-refractivity contribution is 5.91. The normalized spacial score (nSPS) is 11.8. The van der Waals surface area contributed by atoms with Gasteiger partial charge in [-0.05, 0) is 152 Å². The first-order chi connectivity index (χ1) is 37.2. The zero-order valence-electron chi connectivity index (χ0n) is 41.6. The summed E-state index contributed by atoms with van der Waals surface area (Å²) in [5, 5.41) is 0. The van der Waals surface area contributed by atoms with Gasteiger partial charge in [-0.2, -0.15) is 0 Å². The van der Waals surface area contributed by atoms with E-state index in [-0.39, 0.29) is 0 Å². The lowest BCUT2D eigenvalue weighted by atomic mass is 9.97. The van der Waals surface area contributed by atoms with Crippen LogP contribution in [0.2, 0.25) is 0 Å². The van der Waals surface area contributed by atoms with Crippen LogP contribution in [0.3, 0.4) is 0 Å². The van der Waals surface area contributed by atoms with Crippen LogP contribution in [0.25, 0.3) is 0 Å². The molecule has 1 aliphatic rings. The molecular weight excluding hydrogens is 915 g/mol. The van der Waals surface area contributed by atoms with Crippen molar-refractivity contribution in [1.29, 1.82) is 0 Å². The molecule has 11 aromatic rings. The quantitative estimate of drug-likeness (QED) is 0.102. The van der Waals surface area contributed by atoms with Gasteiger partial charge in [0.05, 0.1) is 28.4 Å². The summed E-state index contributed by atoms with van der Waals surface area (Å²) in [6.45, 7) is 0.832. The van der Waals surface area contributed by atoms with Crippen LogP contribution >= 0.6 is 0 Å². The molecule has 1 aliphatic heterocycles. The van der Waals surface area contributed by atoms with Crippen LogP contribution in [0.4, 0.5) is 79.6 Å². The SMILES string of the molecule is c1ccc(Oc2cc(N3CCCc4c3cccc4N(c3ccccc3)c3cc(N(c4ccccc4)c4ccccc4)cc(N(c4ccccc4)c4ccccc4)c3)cc(N(c3ccccc3)c3ccccc3)c2)cc1. The van der Waals surface area contributed by atoms with E-state index >= 15 is 0 Å². The van der Waals surface area contributed by atoms with Crippen molar-refractivity contribution in [3.05, 3.63) is 303 Å². The second kappa shape index (κ2) is 21.5. The lowest BCUT2D eigenvalue weighted by Crippen LogP contribution is -2.26. The van der Waals surface area contributed by atoms with Gasteiger partial charge in [-0.25, -0.2) is 0 Å². The number of benzene rings is 11. The second-order valence-electron chi connectivity index (χ2n) is 18.5. The minimum atomic E-state index is 0.756. The summed E-state index contributed by atoms with van der Waals surface area (Å²) < 4.78 is 6.76. The largest absolute Gasteiger partial charge is 0.457 e. The Morgan fingerprint density at radius 2 is 0.627 bits per heavy atom. The van der Waals surface area contributed by atoms with E-state index in [0.717, 1.165) is 111 Å². The Kier molecular flexibility index (Phi) is 13.3. The molecule has 0 unspecified atom stereocenters. The Bertz CT molecular complexity index is 3390. The Morgan fingerprint density at radius 1 is 0.280 bits per heavy atom. The van der Waals surface area contributed by atoms with Gasteiger partial charge < -0.3 is 29.2 Å². The van der Waals surface area contributed by atoms with E-state index in [0.29, 0.717) is 0 Å². The highest BCUT2D eigenvalue weighted by atomic mass is 16.5. The van der Waals surface area contributed by atoms with Crippen LogP contribution in [-0.2, 0) is 6.42 Å². The van der Waals surface area contributed by atoms with Gasteiger partial charge in [0, 0.05) is 69.9 Å². The molecule has 0 radical (unpaired) electrons. The Balaban J connectivity index is 1.06. The van der Waals surface area contributed by atoms with Crippen molar-refractivity contribution in [2.75, 3.05) is 31.0 Å². The molecule has 6 heteroatoms. The van der Waals surface area contributed by atoms with E-state index < -0.39 is 0 Å². The van der Waals surface area contributed by atoms with Crippen molar-refractivity contribution >= 4 is 79.6 Å². The lowest BCUT2D eigenvalue weighted by Gasteiger charge is -2.37.